The third-order valence-corrected chi connectivity index (χ3v) is 9.09. The summed E-state index contributed by atoms with van der Waals surface area (Å²) in [5, 5.41) is 10.3. The van der Waals surface area contributed by atoms with Crippen LogP contribution in [0.25, 0.3) is 0 Å². The Hall–Kier alpha value is -1.20. The van der Waals surface area contributed by atoms with Gasteiger partial charge in [0.2, 0.25) is 0 Å². The molecule has 1 rings (SSSR count). The van der Waals surface area contributed by atoms with Gasteiger partial charge in [0.15, 0.2) is 8.32 Å². The molecular formula is C20H32O3Si. The van der Waals surface area contributed by atoms with Crippen molar-refractivity contribution < 1.29 is 14.3 Å². The van der Waals surface area contributed by atoms with Gasteiger partial charge in [0.25, 0.3) is 0 Å². The summed E-state index contributed by atoms with van der Waals surface area (Å²) >= 11 is 0. The smallest absolute Gasteiger partial charge is 0.192 e. The fraction of sp³-hybridized carbons (Fsp3) is 0.500. The highest BCUT2D eigenvalue weighted by atomic mass is 28.4. The Kier molecular flexibility index (Phi) is 8.10. The highest BCUT2D eigenvalue weighted by Crippen LogP contribution is 2.36. The van der Waals surface area contributed by atoms with Crippen molar-refractivity contribution in [3.63, 3.8) is 0 Å². The second kappa shape index (κ2) is 9.32. The molecule has 0 spiro atoms. The van der Waals surface area contributed by atoms with Crippen LogP contribution in [0.4, 0.5) is 0 Å². The number of ether oxygens (including phenoxy) is 1. The number of hydrogen-bond donors (Lipinski definition) is 1. The summed E-state index contributed by atoms with van der Waals surface area (Å²) in [6.07, 6.45) is 6.78. The first kappa shape index (κ1) is 20.8. The number of allylic oxidation sites excluding steroid dienone is 2. The predicted molar refractivity (Wildman–Crippen MR) is 104 cm³/mol. The van der Waals surface area contributed by atoms with Gasteiger partial charge < -0.3 is 14.3 Å². The van der Waals surface area contributed by atoms with E-state index in [2.05, 4.69) is 33.9 Å². The van der Waals surface area contributed by atoms with Crippen molar-refractivity contribution in [3.05, 3.63) is 60.2 Å². The minimum Gasteiger partial charge on any atom is -0.414 e. The SMILES string of the molecule is CO[C@@H](/C=C/C=C/[C@@H](O)c1ccccc1)CO[Si](C)(C)C(C)(C)C. The van der Waals surface area contributed by atoms with Crippen molar-refractivity contribution in [2.45, 2.75) is 51.1 Å². The molecule has 4 heteroatoms. The summed E-state index contributed by atoms with van der Waals surface area (Å²) in [6.45, 7) is 11.7. The van der Waals surface area contributed by atoms with Gasteiger partial charge in [-0.05, 0) is 23.7 Å². The van der Waals surface area contributed by atoms with Gasteiger partial charge in [-0.15, -0.1) is 0 Å². The van der Waals surface area contributed by atoms with E-state index in [0.29, 0.717) is 6.61 Å². The third-order valence-electron chi connectivity index (χ3n) is 4.59. The number of aliphatic hydroxyl groups excluding tert-OH is 1. The standard InChI is InChI=1S/C20H32O3Si/c1-20(2,3)24(5,6)23-16-18(22-4)14-10-11-15-19(21)17-12-8-7-9-13-17/h7-15,18-19,21H,16H2,1-6H3/b14-10+,15-11+/t18-,19+/m0/s1. The zero-order chi connectivity index (χ0) is 18.2. The van der Waals surface area contributed by atoms with Crippen LogP contribution < -0.4 is 0 Å². The second-order valence-corrected chi connectivity index (χ2v) is 12.3. The summed E-state index contributed by atoms with van der Waals surface area (Å²) in [5.74, 6) is 0. The molecule has 0 aliphatic carbocycles. The minimum absolute atomic E-state index is 0.0855. The van der Waals surface area contributed by atoms with Gasteiger partial charge in [-0.25, -0.2) is 0 Å². The van der Waals surface area contributed by atoms with E-state index in [9.17, 15) is 5.11 Å². The zero-order valence-electron chi connectivity index (χ0n) is 15.8. The molecule has 0 aromatic heterocycles. The molecule has 3 nitrogen and oxygen atoms in total. The van der Waals surface area contributed by atoms with Crippen molar-refractivity contribution in [1.29, 1.82) is 0 Å². The van der Waals surface area contributed by atoms with Crippen molar-refractivity contribution in [3.8, 4) is 0 Å². The molecule has 0 aliphatic heterocycles. The first-order valence-electron chi connectivity index (χ1n) is 8.42. The second-order valence-electron chi connectivity index (χ2n) is 7.47. The van der Waals surface area contributed by atoms with Crippen molar-refractivity contribution in [1.82, 2.24) is 0 Å². The lowest BCUT2D eigenvalue weighted by Crippen LogP contribution is -2.42. The highest BCUT2D eigenvalue weighted by molar-refractivity contribution is 6.74. The third kappa shape index (κ3) is 6.73. The molecule has 1 aromatic carbocycles. The molecule has 1 N–H and O–H groups in total. The maximum Gasteiger partial charge on any atom is 0.192 e. The largest absolute Gasteiger partial charge is 0.414 e. The molecule has 0 saturated carbocycles. The van der Waals surface area contributed by atoms with Gasteiger partial charge in [-0.1, -0.05) is 75.4 Å². The van der Waals surface area contributed by atoms with E-state index in [-0.39, 0.29) is 11.1 Å². The number of methoxy groups -OCH3 is 1. The summed E-state index contributed by atoms with van der Waals surface area (Å²) in [5.41, 5.74) is 0.881. The Morgan fingerprint density at radius 1 is 1.08 bits per heavy atom. The van der Waals surface area contributed by atoms with E-state index in [4.69, 9.17) is 9.16 Å². The first-order valence-corrected chi connectivity index (χ1v) is 11.3. The Morgan fingerprint density at radius 2 is 1.67 bits per heavy atom. The van der Waals surface area contributed by atoms with Gasteiger partial charge in [0.05, 0.1) is 18.8 Å². The van der Waals surface area contributed by atoms with Crippen LogP contribution in [0.1, 0.15) is 32.4 Å². The van der Waals surface area contributed by atoms with Crippen LogP contribution in [0.2, 0.25) is 18.1 Å². The highest BCUT2D eigenvalue weighted by Gasteiger charge is 2.37. The summed E-state index contributed by atoms with van der Waals surface area (Å²) < 4.78 is 11.6. The van der Waals surface area contributed by atoms with Crippen molar-refractivity contribution in [2.24, 2.45) is 0 Å². The van der Waals surface area contributed by atoms with Crippen LogP contribution in [-0.2, 0) is 9.16 Å². The summed E-state index contributed by atoms with van der Waals surface area (Å²) in [7, 11) is -0.0783. The molecular weight excluding hydrogens is 316 g/mol. The summed E-state index contributed by atoms with van der Waals surface area (Å²) in [6, 6.07) is 9.58. The van der Waals surface area contributed by atoms with Crippen LogP contribution in [-0.4, -0.2) is 33.2 Å². The normalized spacial score (nSPS) is 16.0. The van der Waals surface area contributed by atoms with Crippen LogP contribution >= 0.6 is 0 Å². The van der Waals surface area contributed by atoms with E-state index in [1.165, 1.54) is 0 Å². The Balaban J connectivity index is 2.53. The lowest BCUT2D eigenvalue weighted by atomic mass is 10.1. The number of rotatable bonds is 8. The molecule has 0 amide bonds. The first-order chi connectivity index (χ1) is 11.2. The molecule has 1 aromatic rings. The van der Waals surface area contributed by atoms with E-state index >= 15 is 0 Å². The predicted octanol–water partition coefficient (Wildman–Crippen LogP) is 4.87. The molecule has 0 radical (unpaired) electrons. The van der Waals surface area contributed by atoms with Crippen LogP contribution in [0.15, 0.2) is 54.6 Å². The molecule has 0 heterocycles. The average molecular weight is 349 g/mol. The molecule has 0 unspecified atom stereocenters. The molecule has 24 heavy (non-hydrogen) atoms. The van der Waals surface area contributed by atoms with Gasteiger partial charge >= 0.3 is 0 Å². The van der Waals surface area contributed by atoms with E-state index in [1.54, 1.807) is 13.2 Å². The fourth-order valence-corrected chi connectivity index (χ4v) is 2.84. The number of benzene rings is 1. The van der Waals surface area contributed by atoms with Crippen LogP contribution in [0.3, 0.4) is 0 Å². The maximum absolute atomic E-state index is 10.1. The molecule has 2 atom stereocenters. The van der Waals surface area contributed by atoms with Gasteiger partial charge in [0, 0.05) is 7.11 Å². The quantitative estimate of drug-likeness (QED) is 0.538. The van der Waals surface area contributed by atoms with Crippen LogP contribution in [0, 0.1) is 0 Å². The zero-order valence-corrected chi connectivity index (χ0v) is 16.8. The lowest BCUT2D eigenvalue weighted by Gasteiger charge is -2.36. The van der Waals surface area contributed by atoms with Gasteiger partial charge in [-0.3, -0.25) is 0 Å². The van der Waals surface area contributed by atoms with Crippen LogP contribution in [0.5, 0.6) is 0 Å². The minimum atomic E-state index is -1.77. The molecule has 0 bridgehead atoms. The maximum atomic E-state index is 10.1. The van der Waals surface area contributed by atoms with Gasteiger partial charge in [0.1, 0.15) is 0 Å². The topological polar surface area (TPSA) is 38.7 Å². The Labute approximate surface area is 148 Å². The molecule has 0 saturated heterocycles. The van der Waals surface area contributed by atoms with Crippen molar-refractivity contribution in [2.75, 3.05) is 13.7 Å². The van der Waals surface area contributed by atoms with Gasteiger partial charge in [-0.2, -0.15) is 0 Å². The lowest BCUT2D eigenvalue weighted by molar-refractivity contribution is 0.0859. The van der Waals surface area contributed by atoms with E-state index in [0.717, 1.165) is 5.56 Å². The molecule has 0 aliphatic rings. The van der Waals surface area contributed by atoms with Crippen molar-refractivity contribution >= 4 is 8.32 Å². The monoisotopic (exact) mass is 348 g/mol. The molecule has 134 valence electrons. The number of hydrogen-bond acceptors (Lipinski definition) is 3. The number of aliphatic hydroxyl groups is 1. The van der Waals surface area contributed by atoms with E-state index < -0.39 is 14.4 Å². The Bertz CT molecular complexity index is 530. The summed E-state index contributed by atoms with van der Waals surface area (Å²) in [4.78, 5) is 0. The molecule has 0 fully saturated rings. The fourth-order valence-electron chi connectivity index (χ4n) is 1.83. The average Bonchev–Trinajstić information content (AvgIpc) is 2.53. The Morgan fingerprint density at radius 3 is 2.21 bits per heavy atom. The van der Waals surface area contributed by atoms with E-state index in [1.807, 2.05) is 48.6 Å².